The number of aromatic nitrogens is 6. The van der Waals surface area contributed by atoms with Crippen LogP contribution in [0, 0.1) is 0 Å². The third-order valence-corrected chi connectivity index (χ3v) is 3.87. The number of hydrogen-bond donors (Lipinski definition) is 0. The Morgan fingerprint density at radius 2 is 1.26 bits per heavy atom. The lowest BCUT2D eigenvalue weighted by Crippen LogP contribution is -2.15. The van der Waals surface area contributed by atoms with Gasteiger partial charge in [-0.15, -0.1) is 20.4 Å². The van der Waals surface area contributed by atoms with Gasteiger partial charge in [0.15, 0.2) is 11.6 Å². The van der Waals surface area contributed by atoms with Crippen LogP contribution >= 0.6 is 0 Å². The van der Waals surface area contributed by atoms with Crippen LogP contribution in [0.5, 0.6) is 0 Å². The second kappa shape index (κ2) is 7.92. The average molecular weight is 353 g/mol. The molecule has 2 aromatic carbocycles. The molecule has 2 aromatic heterocycles. The number of hydrogen-bond acceptors (Lipinski definition) is 7. The van der Waals surface area contributed by atoms with E-state index in [2.05, 4.69) is 55.1 Å². The SMILES string of the molecule is C(=Cc1ccccc1N(c1ccnnn1)c1ccnnn1)c1ccccc1. The fourth-order valence-electron chi connectivity index (χ4n) is 2.65. The monoisotopic (exact) mass is 353 g/mol. The second-order valence-corrected chi connectivity index (χ2v) is 5.60. The predicted octanol–water partition coefficient (Wildman–Crippen LogP) is 3.70. The summed E-state index contributed by atoms with van der Waals surface area (Å²) in [5.74, 6) is 1.18. The van der Waals surface area contributed by atoms with Gasteiger partial charge in [-0.05, 0) is 27.6 Å². The van der Waals surface area contributed by atoms with E-state index >= 15 is 0 Å². The Bertz CT molecular complexity index is 982. The predicted molar refractivity (Wildman–Crippen MR) is 103 cm³/mol. The van der Waals surface area contributed by atoms with Gasteiger partial charge in [-0.1, -0.05) is 60.7 Å². The minimum absolute atomic E-state index is 0.589. The number of para-hydroxylation sites is 1. The maximum Gasteiger partial charge on any atom is 0.164 e. The van der Waals surface area contributed by atoms with Crippen molar-refractivity contribution in [1.82, 2.24) is 30.8 Å². The average Bonchev–Trinajstić information content (AvgIpc) is 2.76. The number of benzene rings is 2. The first kappa shape index (κ1) is 16.5. The van der Waals surface area contributed by atoms with Gasteiger partial charge < -0.3 is 0 Å². The summed E-state index contributed by atoms with van der Waals surface area (Å²) in [6.07, 6.45) is 7.30. The van der Waals surface area contributed by atoms with E-state index in [4.69, 9.17) is 0 Å². The summed E-state index contributed by atoms with van der Waals surface area (Å²) in [5, 5.41) is 23.3. The molecule has 0 bridgehead atoms. The molecule has 0 amide bonds. The van der Waals surface area contributed by atoms with Crippen molar-refractivity contribution in [2.75, 3.05) is 4.90 Å². The summed E-state index contributed by atoms with van der Waals surface area (Å²) in [7, 11) is 0. The van der Waals surface area contributed by atoms with Crippen LogP contribution in [0.4, 0.5) is 17.3 Å². The Hall–Kier alpha value is -4.00. The molecular formula is C20H15N7. The Morgan fingerprint density at radius 1 is 0.630 bits per heavy atom. The minimum Gasteiger partial charge on any atom is -0.275 e. The third-order valence-electron chi connectivity index (χ3n) is 3.87. The molecule has 0 radical (unpaired) electrons. The first-order valence-corrected chi connectivity index (χ1v) is 8.33. The van der Waals surface area contributed by atoms with Gasteiger partial charge in [0.25, 0.3) is 0 Å². The van der Waals surface area contributed by atoms with Crippen molar-refractivity contribution in [3.05, 3.63) is 90.3 Å². The van der Waals surface area contributed by atoms with Gasteiger partial charge in [0.2, 0.25) is 0 Å². The van der Waals surface area contributed by atoms with Gasteiger partial charge >= 0.3 is 0 Å². The van der Waals surface area contributed by atoms with Crippen LogP contribution in [-0.4, -0.2) is 30.8 Å². The standard InChI is InChI=1S/C20H15N7/c1-2-6-16(7-3-1)10-11-17-8-4-5-9-18(17)27(19-12-14-21-25-23-19)20-13-15-22-26-24-20/h1-15H. The van der Waals surface area contributed by atoms with Crippen molar-refractivity contribution in [1.29, 1.82) is 0 Å². The second-order valence-electron chi connectivity index (χ2n) is 5.60. The van der Waals surface area contributed by atoms with Gasteiger partial charge in [-0.25, -0.2) is 0 Å². The Kier molecular flexibility index (Phi) is 4.83. The van der Waals surface area contributed by atoms with Crippen LogP contribution in [0.3, 0.4) is 0 Å². The third kappa shape index (κ3) is 3.82. The van der Waals surface area contributed by atoms with E-state index in [0.29, 0.717) is 11.6 Å². The maximum absolute atomic E-state index is 4.14. The molecule has 4 rings (SSSR count). The molecule has 0 aliphatic carbocycles. The first-order chi connectivity index (χ1) is 13.4. The van der Waals surface area contributed by atoms with Gasteiger partial charge in [0.1, 0.15) is 0 Å². The number of anilines is 3. The topological polar surface area (TPSA) is 80.6 Å². The van der Waals surface area contributed by atoms with E-state index < -0.39 is 0 Å². The van der Waals surface area contributed by atoms with Crippen LogP contribution in [0.15, 0.2) is 79.1 Å². The molecule has 0 unspecified atom stereocenters. The highest BCUT2D eigenvalue weighted by atomic mass is 15.4. The van der Waals surface area contributed by atoms with Gasteiger partial charge in [-0.3, -0.25) is 4.90 Å². The van der Waals surface area contributed by atoms with Crippen molar-refractivity contribution >= 4 is 29.5 Å². The van der Waals surface area contributed by atoms with E-state index in [1.54, 1.807) is 24.5 Å². The summed E-state index contributed by atoms with van der Waals surface area (Å²) in [6.45, 7) is 0. The molecule has 0 aliphatic heterocycles. The molecular weight excluding hydrogens is 338 g/mol. The zero-order valence-corrected chi connectivity index (χ0v) is 14.3. The smallest absolute Gasteiger partial charge is 0.164 e. The Morgan fingerprint density at radius 3 is 1.89 bits per heavy atom. The number of rotatable bonds is 5. The molecule has 4 aromatic rings. The molecule has 0 saturated carbocycles. The molecule has 0 spiro atoms. The molecule has 7 nitrogen and oxygen atoms in total. The lowest BCUT2D eigenvalue weighted by Gasteiger charge is -2.23. The summed E-state index contributed by atoms with van der Waals surface area (Å²) in [4.78, 5) is 1.87. The van der Waals surface area contributed by atoms with Crippen molar-refractivity contribution < 1.29 is 0 Å². The zero-order chi connectivity index (χ0) is 18.3. The van der Waals surface area contributed by atoms with E-state index in [1.807, 2.05) is 47.4 Å². The summed E-state index contributed by atoms with van der Waals surface area (Å²) >= 11 is 0. The molecule has 130 valence electrons. The van der Waals surface area contributed by atoms with E-state index in [-0.39, 0.29) is 0 Å². The van der Waals surface area contributed by atoms with Crippen LogP contribution < -0.4 is 4.90 Å². The van der Waals surface area contributed by atoms with Crippen LogP contribution in [0.2, 0.25) is 0 Å². The first-order valence-electron chi connectivity index (χ1n) is 8.33. The van der Waals surface area contributed by atoms with Gasteiger partial charge in [0.05, 0.1) is 18.1 Å². The lowest BCUT2D eigenvalue weighted by molar-refractivity contribution is 0.833. The molecule has 0 fully saturated rings. The molecule has 0 saturated heterocycles. The van der Waals surface area contributed by atoms with Crippen molar-refractivity contribution in [3.63, 3.8) is 0 Å². The largest absolute Gasteiger partial charge is 0.275 e. The van der Waals surface area contributed by atoms with Crippen LogP contribution in [0.25, 0.3) is 12.2 Å². The Labute approximate surface area is 156 Å². The fourth-order valence-corrected chi connectivity index (χ4v) is 2.65. The maximum atomic E-state index is 4.14. The van der Waals surface area contributed by atoms with E-state index in [9.17, 15) is 0 Å². The van der Waals surface area contributed by atoms with Gasteiger partial charge in [-0.2, -0.15) is 0 Å². The summed E-state index contributed by atoms with van der Waals surface area (Å²) < 4.78 is 0. The van der Waals surface area contributed by atoms with Crippen LogP contribution in [-0.2, 0) is 0 Å². The molecule has 7 heteroatoms. The molecule has 2 heterocycles. The molecule has 27 heavy (non-hydrogen) atoms. The zero-order valence-electron chi connectivity index (χ0n) is 14.3. The highest BCUT2D eigenvalue weighted by Crippen LogP contribution is 2.34. The van der Waals surface area contributed by atoms with Crippen molar-refractivity contribution in [2.24, 2.45) is 0 Å². The van der Waals surface area contributed by atoms with Crippen molar-refractivity contribution in [3.8, 4) is 0 Å². The number of nitrogens with zero attached hydrogens (tertiary/aromatic N) is 7. The highest BCUT2D eigenvalue weighted by molar-refractivity contribution is 5.83. The molecule has 0 atom stereocenters. The highest BCUT2D eigenvalue weighted by Gasteiger charge is 2.17. The van der Waals surface area contributed by atoms with Gasteiger partial charge in [0, 0.05) is 12.1 Å². The van der Waals surface area contributed by atoms with Crippen LogP contribution in [0.1, 0.15) is 11.1 Å². The van der Waals surface area contributed by atoms with Crippen molar-refractivity contribution in [2.45, 2.75) is 0 Å². The normalized spacial score (nSPS) is 10.8. The van der Waals surface area contributed by atoms with E-state index in [0.717, 1.165) is 16.8 Å². The van der Waals surface area contributed by atoms with E-state index in [1.165, 1.54) is 0 Å². The minimum atomic E-state index is 0.589. The molecule has 0 N–H and O–H groups in total. The summed E-state index contributed by atoms with van der Waals surface area (Å²) in [5.41, 5.74) is 3.01. The Balaban J connectivity index is 1.81. The summed E-state index contributed by atoms with van der Waals surface area (Å²) in [6, 6.07) is 21.7. The fraction of sp³-hybridized carbons (Fsp3) is 0. The molecule has 0 aliphatic rings. The quantitative estimate of drug-likeness (QED) is 0.506. The lowest BCUT2D eigenvalue weighted by atomic mass is 10.1.